The molecule has 0 bridgehead atoms. The lowest BCUT2D eigenvalue weighted by atomic mass is 9.77. The molecular weight excluding hydrogens is 396 g/mol. The molecule has 0 radical (unpaired) electrons. The standard InChI is InChI=1S/C24H26N2O5/c1-14(31-15(2)27)24(28)26-23(17-6-9-18(29-3)10-7-17)20-12-8-16-5-11-19(30-4)13-21(16)22(20)25-26/h5-7,9-11,13-14,20,23H,8,12H2,1-4H3/t14-,20+,23-/m0/s1. The quantitative estimate of drug-likeness (QED) is 0.689. The van der Waals surface area contributed by atoms with E-state index in [1.807, 2.05) is 36.4 Å². The van der Waals surface area contributed by atoms with Gasteiger partial charge in [-0.1, -0.05) is 18.2 Å². The van der Waals surface area contributed by atoms with Gasteiger partial charge in [-0.05, 0) is 55.2 Å². The van der Waals surface area contributed by atoms with Crippen LogP contribution in [0.2, 0.25) is 0 Å². The van der Waals surface area contributed by atoms with Crippen LogP contribution in [0.3, 0.4) is 0 Å². The lowest BCUT2D eigenvalue weighted by Gasteiger charge is -2.30. The molecule has 7 nitrogen and oxygen atoms in total. The summed E-state index contributed by atoms with van der Waals surface area (Å²) in [5.74, 6) is 0.680. The van der Waals surface area contributed by atoms with Gasteiger partial charge in [0.05, 0.1) is 26.0 Å². The first kappa shape index (κ1) is 20.9. The number of amides is 1. The number of aryl methyl sites for hydroxylation is 1. The number of carbonyl (C=O) groups excluding carboxylic acids is 2. The van der Waals surface area contributed by atoms with Gasteiger partial charge in [0, 0.05) is 18.4 Å². The van der Waals surface area contributed by atoms with E-state index in [4.69, 9.17) is 19.3 Å². The first-order valence-electron chi connectivity index (χ1n) is 10.3. The van der Waals surface area contributed by atoms with E-state index >= 15 is 0 Å². The minimum Gasteiger partial charge on any atom is -0.497 e. The van der Waals surface area contributed by atoms with E-state index in [2.05, 4.69) is 6.07 Å². The van der Waals surface area contributed by atoms with Crippen LogP contribution in [0.25, 0.3) is 0 Å². The summed E-state index contributed by atoms with van der Waals surface area (Å²) in [4.78, 5) is 24.7. The van der Waals surface area contributed by atoms with E-state index in [0.717, 1.165) is 41.2 Å². The van der Waals surface area contributed by atoms with Crippen molar-refractivity contribution in [2.24, 2.45) is 11.0 Å². The number of hydrogen-bond acceptors (Lipinski definition) is 6. The fourth-order valence-corrected chi connectivity index (χ4v) is 4.42. The Morgan fingerprint density at radius 2 is 1.74 bits per heavy atom. The number of fused-ring (bicyclic) bond motifs is 3. The fourth-order valence-electron chi connectivity index (χ4n) is 4.42. The Morgan fingerprint density at radius 3 is 2.39 bits per heavy atom. The van der Waals surface area contributed by atoms with Gasteiger partial charge in [-0.3, -0.25) is 9.59 Å². The number of nitrogens with zero attached hydrogens (tertiary/aromatic N) is 2. The minimum atomic E-state index is -0.924. The average molecular weight is 422 g/mol. The van der Waals surface area contributed by atoms with Crippen molar-refractivity contribution in [2.75, 3.05) is 14.2 Å². The Kier molecular flexibility index (Phi) is 5.67. The van der Waals surface area contributed by atoms with Gasteiger partial charge in [0.2, 0.25) is 0 Å². The van der Waals surface area contributed by atoms with Gasteiger partial charge in [-0.25, -0.2) is 5.01 Å². The van der Waals surface area contributed by atoms with Crippen molar-refractivity contribution >= 4 is 17.6 Å². The van der Waals surface area contributed by atoms with E-state index in [-0.39, 0.29) is 17.9 Å². The number of rotatable bonds is 5. The van der Waals surface area contributed by atoms with Crippen molar-refractivity contribution in [3.05, 3.63) is 59.2 Å². The van der Waals surface area contributed by atoms with E-state index in [9.17, 15) is 9.59 Å². The van der Waals surface area contributed by atoms with Crippen LogP contribution in [0.5, 0.6) is 11.5 Å². The summed E-state index contributed by atoms with van der Waals surface area (Å²) in [6, 6.07) is 13.4. The van der Waals surface area contributed by atoms with Crippen LogP contribution < -0.4 is 9.47 Å². The molecule has 0 N–H and O–H groups in total. The molecule has 0 unspecified atom stereocenters. The lowest BCUT2D eigenvalue weighted by Crippen LogP contribution is -2.38. The highest BCUT2D eigenvalue weighted by Gasteiger charge is 2.45. The van der Waals surface area contributed by atoms with Gasteiger partial charge >= 0.3 is 5.97 Å². The summed E-state index contributed by atoms with van der Waals surface area (Å²) in [6.07, 6.45) is 0.824. The highest BCUT2D eigenvalue weighted by atomic mass is 16.5. The summed E-state index contributed by atoms with van der Waals surface area (Å²) in [6.45, 7) is 2.87. The molecule has 162 valence electrons. The van der Waals surface area contributed by atoms with Crippen molar-refractivity contribution in [3.8, 4) is 11.5 Å². The minimum absolute atomic E-state index is 0.0291. The Morgan fingerprint density at radius 1 is 1.06 bits per heavy atom. The first-order valence-corrected chi connectivity index (χ1v) is 10.3. The lowest BCUT2D eigenvalue weighted by molar-refractivity contribution is -0.158. The van der Waals surface area contributed by atoms with Crippen LogP contribution >= 0.6 is 0 Å². The molecule has 2 aliphatic rings. The van der Waals surface area contributed by atoms with Gasteiger partial charge in [0.15, 0.2) is 6.10 Å². The maximum absolute atomic E-state index is 13.3. The predicted molar refractivity (Wildman–Crippen MR) is 115 cm³/mol. The normalized spacial score (nSPS) is 20.3. The number of benzene rings is 2. The number of hydrazone groups is 1. The maximum Gasteiger partial charge on any atom is 0.303 e. The number of esters is 1. The second-order valence-corrected chi connectivity index (χ2v) is 7.81. The molecule has 4 rings (SSSR count). The monoisotopic (exact) mass is 422 g/mol. The molecule has 0 fully saturated rings. The van der Waals surface area contributed by atoms with Crippen LogP contribution in [-0.4, -0.2) is 42.9 Å². The largest absolute Gasteiger partial charge is 0.497 e. The fraction of sp³-hybridized carbons (Fsp3) is 0.375. The predicted octanol–water partition coefficient (Wildman–Crippen LogP) is 3.51. The molecule has 1 heterocycles. The number of hydrogen-bond donors (Lipinski definition) is 0. The zero-order chi connectivity index (χ0) is 22.1. The Balaban J connectivity index is 1.77. The van der Waals surface area contributed by atoms with E-state index < -0.39 is 12.1 Å². The summed E-state index contributed by atoms with van der Waals surface area (Å²) >= 11 is 0. The molecule has 2 aromatic carbocycles. The molecule has 0 saturated carbocycles. The highest BCUT2D eigenvalue weighted by Crippen LogP contribution is 2.44. The van der Waals surface area contributed by atoms with Crippen molar-refractivity contribution in [1.82, 2.24) is 5.01 Å². The summed E-state index contributed by atoms with van der Waals surface area (Å²) < 4.78 is 15.9. The van der Waals surface area contributed by atoms with Crippen molar-refractivity contribution < 1.29 is 23.8 Å². The number of carbonyl (C=O) groups is 2. The van der Waals surface area contributed by atoms with Crippen LogP contribution in [-0.2, 0) is 20.7 Å². The molecule has 0 aromatic heterocycles. The second kappa shape index (κ2) is 8.41. The van der Waals surface area contributed by atoms with Crippen LogP contribution in [0, 0.1) is 5.92 Å². The van der Waals surface area contributed by atoms with Gasteiger partial charge in [-0.15, -0.1) is 0 Å². The Labute approximate surface area is 181 Å². The summed E-state index contributed by atoms with van der Waals surface area (Å²) in [5.41, 5.74) is 4.01. The molecule has 1 aliphatic heterocycles. The zero-order valence-electron chi connectivity index (χ0n) is 18.1. The molecule has 3 atom stereocenters. The van der Waals surface area contributed by atoms with Gasteiger partial charge < -0.3 is 14.2 Å². The molecule has 0 spiro atoms. The topological polar surface area (TPSA) is 77.4 Å². The SMILES string of the molecule is COc1ccc([C@H]2[C@@H]3CCc4ccc(OC)cc4C3=NN2C(=O)[C@H](C)OC(C)=O)cc1. The third kappa shape index (κ3) is 3.87. The zero-order valence-corrected chi connectivity index (χ0v) is 18.1. The average Bonchev–Trinajstić information content (AvgIpc) is 3.17. The van der Waals surface area contributed by atoms with E-state index in [1.165, 1.54) is 17.5 Å². The smallest absolute Gasteiger partial charge is 0.303 e. The molecule has 2 aromatic rings. The highest BCUT2D eigenvalue weighted by molar-refractivity contribution is 6.07. The van der Waals surface area contributed by atoms with Gasteiger partial charge in [0.25, 0.3) is 5.91 Å². The van der Waals surface area contributed by atoms with Crippen LogP contribution in [0.4, 0.5) is 0 Å². The van der Waals surface area contributed by atoms with Gasteiger partial charge in [-0.2, -0.15) is 5.10 Å². The summed E-state index contributed by atoms with van der Waals surface area (Å²) in [7, 11) is 3.25. The third-order valence-electron chi connectivity index (χ3n) is 5.90. The maximum atomic E-state index is 13.3. The molecule has 1 amide bonds. The van der Waals surface area contributed by atoms with Gasteiger partial charge in [0.1, 0.15) is 11.5 Å². The first-order chi connectivity index (χ1) is 14.9. The van der Waals surface area contributed by atoms with Crippen molar-refractivity contribution in [2.45, 2.75) is 38.8 Å². The number of ether oxygens (including phenoxy) is 3. The number of methoxy groups -OCH3 is 2. The van der Waals surface area contributed by atoms with E-state index in [0.29, 0.717) is 0 Å². The Bertz CT molecular complexity index is 1030. The Hall–Kier alpha value is -3.35. The second-order valence-electron chi connectivity index (χ2n) is 7.81. The van der Waals surface area contributed by atoms with Crippen LogP contribution in [0.1, 0.15) is 43.0 Å². The van der Waals surface area contributed by atoms with Crippen LogP contribution in [0.15, 0.2) is 47.6 Å². The molecule has 1 aliphatic carbocycles. The molecular formula is C24H26N2O5. The molecule has 7 heteroatoms. The molecule has 31 heavy (non-hydrogen) atoms. The van der Waals surface area contributed by atoms with Crippen molar-refractivity contribution in [3.63, 3.8) is 0 Å². The third-order valence-corrected chi connectivity index (χ3v) is 5.90. The van der Waals surface area contributed by atoms with E-state index in [1.54, 1.807) is 21.1 Å². The summed E-state index contributed by atoms with van der Waals surface area (Å²) in [5, 5.41) is 6.27. The van der Waals surface area contributed by atoms with Crippen molar-refractivity contribution in [1.29, 1.82) is 0 Å². The molecule has 0 saturated heterocycles.